The summed E-state index contributed by atoms with van der Waals surface area (Å²) in [6, 6.07) is 13.5. The molecular weight excluding hydrogens is 284 g/mol. The molecule has 0 amide bonds. The molecule has 0 atom stereocenters. The summed E-state index contributed by atoms with van der Waals surface area (Å²) in [6.07, 6.45) is 0. The second-order valence-corrected chi connectivity index (χ2v) is 5.49. The maximum absolute atomic E-state index is 11.7. The van der Waals surface area contributed by atoms with Crippen molar-refractivity contribution in [1.29, 1.82) is 0 Å². The van der Waals surface area contributed by atoms with E-state index in [1.54, 1.807) is 24.5 Å². The van der Waals surface area contributed by atoms with Crippen LogP contribution in [0.3, 0.4) is 0 Å². The Kier molecular flexibility index (Phi) is 3.62. The fourth-order valence-corrected chi connectivity index (χ4v) is 3.22. The number of rotatable bonds is 3. The first-order chi connectivity index (χ1) is 10.2. The standard InChI is InChI=1S/C17H14O3S/c1-19-13-6-3-11(4-7-13)15-10-21-16-8-5-12(9-14(15)16)17(18)20-2/h3-10H,1-2H3. The molecule has 0 radical (unpaired) electrons. The van der Waals surface area contributed by atoms with Crippen LogP contribution in [-0.2, 0) is 4.74 Å². The molecule has 0 saturated carbocycles. The average Bonchev–Trinajstić information content (AvgIpc) is 2.97. The van der Waals surface area contributed by atoms with Crippen LogP contribution in [0.1, 0.15) is 10.4 Å². The maximum atomic E-state index is 11.7. The zero-order valence-electron chi connectivity index (χ0n) is 11.8. The van der Waals surface area contributed by atoms with Gasteiger partial charge in [0, 0.05) is 15.6 Å². The second kappa shape index (κ2) is 5.58. The lowest BCUT2D eigenvalue weighted by Crippen LogP contribution is -2.00. The summed E-state index contributed by atoms with van der Waals surface area (Å²) in [6.45, 7) is 0. The van der Waals surface area contributed by atoms with Gasteiger partial charge in [-0.3, -0.25) is 0 Å². The third-order valence-electron chi connectivity index (χ3n) is 3.40. The predicted octanol–water partition coefficient (Wildman–Crippen LogP) is 4.36. The van der Waals surface area contributed by atoms with E-state index in [9.17, 15) is 4.79 Å². The van der Waals surface area contributed by atoms with Crippen LogP contribution < -0.4 is 4.74 Å². The van der Waals surface area contributed by atoms with Gasteiger partial charge in [-0.1, -0.05) is 12.1 Å². The second-order valence-electron chi connectivity index (χ2n) is 4.58. The van der Waals surface area contributed by atoms with Gasteiger partial charge in [-0.25, -0.2) is 4.79 Å². The summed E-state index contributed by atoms with van der Waals surface area (Å²) in [5.74, 6) is 0.511. The van der Waals surface area contributed by atoms with E-state index in [1.807, 2.05) is 36.4 Å². The van der Waals surface area contributed by atoms with Gasteiger partial charge in [0.05, 0.1) is 19.8 Å². The normalized spacial score (nSPS) is 10.6. The van der Waals surface area contributed by atoms with Gasteiger partial charge in [0.2, 0.25) is 0 Å². The van der Waals surface area contributed by atoms with Gasteiger partial charge in [0.15, 0.2) is 0 Å². The van der Waals surface area contributed by atoms with E-state index in [1.165, 1.54) is 7.11 Å². The van der Waals surface area contributed by atoms with Crippen molar-refractivity contribution in [3.05, 3.63) is 53.4 Å². The Morgan fingerprint density at radius 3 is 2.48 bits per heavy atom. The van der Waals surface area contributed by atoms with Crippen LogP contribution in [0.5, 0.6) is 5.75 Å². The van der Waals surface area contributed by atoms with Gasteiger partial charge >= 0.3 is 5.97 Å². The molecule has 3 nitrogen and oxygen atoms in total. The minimum Gasteiger partial charge on any atom is -0.497 e. The number of esters is 1. The number of methoxy groups -OCH3 is 2. The molecule has 1 aromatic heterocycles. The zero-order chi connectivity index (χ0) is 14.8. The van der Waals surface area contributed by atoms with E-state index in [-0.39, 0.29) is 5.97 Å². The largest absolute Gasteiger partial charge is 0.497 e. The van der Waals surface area contributed by atoms with Gasteiger partial charge in [0.1, 0.15) is 5.75 Å². The number of fused-ring (bicyclic) bond motifs is 1. The van der Waals surface area contributed by atoms with Crippen LogP contribution in [-0.4, -0.2) is 20.2 Å². The summed E-state index contributed by atoms with van der Waals surface area (Å²) in [7, 11) is 3.04. The van der Waals surface area contributed by atoms with E-state index >= 15 is 0 Å². The van der Waals surface area contributed by atoms with Gasteiger partial charge in [-0.2, -0.15) is 0 Å². The number of ether oxygens (including phenoxy) is 2. The zero-order valence-corrected chi connectivity index (χ0v) is 12.6. The Morgan fingerprint density at radius 1 is 1.05 bits per heavy atom. The smallest absolute Gasteiger partial charge is 0.337 e. The first-order valence-corrected chi connectivity index (χ1v) is 7.35. The van der Waals surface area contributed by atoms with Crippen molar-refractivity contribution < 1.29 is 14.3 Å². The molecule has 2 aromatic carbocycles. The molecule has 0 unspecified atom stereocenters. The molecule has 0 aliphatic carbocycles. The molecule has 0 aliphatic rings. The Balaban J connectivity index is 2.11. The fraction of sp³-hybridized carbons (Fsp3) is 0.118. The number of carbonyl (C=O) groups is 1. The fourth-order valence-electron chi connectivity index (χ4n) is 2.27. The molecule has 0 N–H and O–H groups in total. The van der Waals surface area contributed by atoms with Crippen molar-refractivity contribution in [2.45, 2.75) is 0 Å². The van der Waals surface area contributed by atoms with Gasteiger partial charge in [0.25, 0.3) is 0 Å². The van der Waals surface area contributed by atoms with Crippen LogP contribution >= 0.6 is 11.3 Å². The van der Waals surface area contributed by atoms with Crippen molar-refractivity contribution in [3.8, 4) is 16.9 Å². The number of benzene rings is 2. The van der Waals surface area contributed by atoms with Crippen molar-refractivity contribution >= 4 is 27.4 Å². The molecule has 1 heterocycles. The number of thiophene rings is 1. The third-order valence-corrected chi connectivity index (χ3v) is 4.36. The summed E-state index contributed by atoms with van der Waals surface area (Å²) >= 11 is 1.66. The number of hydrogen-bond donors (Lipinski definition) is 0. The summed E-state index contributed by atoms with van der Waals surface area (Å²) in [4.78, 5) is 11.7. The van der Waals surface area contributed by atoms with E-state index < -0.39 is 0 Å². The third kappa shape index (κ3) is 2.50. The highest BCUT2D eigenvalue weighted by Crippen LogP contribution is 2.35. The van der Waals surface area contributed by atoms with E-state index in [2.05, 4.69) is 5.38 Å². The van der Waals surface area contributed by atoms with E-state index in [4.69, 9.17) is 9.47 Å². The van der Waals surface area contributed by atoms with Crippen molar-refractivity contribution in [3.63, 3.8) is 0 Å². The molecular formula is C17H14O3S. The van der Waals surface area contributed by atoms with Crippen molar-refractivity contribution in [2.75, 3.05) is 14.2 Å². The summed E-state index contributed by atoms with van der Waals surface area (Å²) in [5, 5.41) is 3.17. The van der Waals surface area contributed by atoms with Gasteiger partial charge in [-0.15, -0.1) is 11.3 Å². The highest BCUT2D eigenvalue weighted by molar-refractivity contribution is 7.17. The van der Waals surface area contributed by atoms with E-state index in [0.29, 0.717) is 5.56 Å². The molecule has 21 heavy (non-hydrogen) atoms. The molecule has 3 aromatic rings. The Labute approximate surface area is 126 Å². The summed E-state index contributed by atoms with van der Waals surface area (Å²) in [5.41, 5.74) is 2.78. The average molecular weight is 298 g/mol. The monoisotopic (exact) mass is 298 g/mol. The van der Waals surface area contributed by atoms with Crippen LogP contribution in [0.2, 0.25) is 0 Å². The van der Waals surface area contributed by atoms with Crippen LogP contribution in [0, 0.1) is 0 Å². The minimum atomic E-state index is -0.316. The SMILES string of the molecule is COC(=O)c1ccc2scc(-c3ccc(OC)cc3)c2c1. The molecule has 0 saturated heterocycles. The predicted molar refractivity (Wildman–Crippen MR) is 85.2 cm³/mol. The molecule has 0 bridgehead atoms. The lowest BCUT2D eigenvalue weighted by molar-refractivity contribution is 0.0601. The van der Waals surface area contributed by atoms with Crippen molar-refractivity contribution in [2.24, 2.45) is 0 Å². The highest BCUT2D eigenvalue weighted by Gasteiger charge is 2.11. The summed E-state index contributed by atoms with van der Waals surface area (Å²) < 4.78 is 11.1. The van der Waals surface area contributed by atoms with Crippen molar-refractivity contribution in [1.82, 2.24) is 0 Å². The van der Waals surface area contributed by atoms with E-state index in [0.717, 1.165) is 27.0 Å². The van der Waals surface area contributed by atoms with Crippen LogP contribution in [0.15, 0.2) is 47.8 Å². The Hall–Kier alpha value is -2.33. The highest BCUT2D eigenvalue weighted by atomic mass is 32.1. The minimum absolute atomic E-state index is 0.316. The lowest BCUT2D eigenvalue weighted by atomic mass is 10.0. The molecule has 0 fully saturated rings. The Bertz CT molecular complexity index is 787. The Morgan fingerprint density at radius 2 is 1.81 bits per heavy atom. The molecule has 4 heteroatoms. The van der Waals surface area contributed by atoms with Gasteiger partial charge < -0.3 is 9.47 Å². The maximum Gasteiger partial charge on any atom is 0.337 e. The topological polar surface area (TPSA) is 35.5 Å². The van der Waals surface area contributed by atoms with Gasteiger partial charge in [-0.05, 0) is 41.3 Å². The lowest BCUT2D eigenvalue weighted by Gasteiger charge is -2.04. The first kappa shape index (κ1) is 13.6. The molecule has 106 valence electrons. The van der Waals surface area contributed by atoms with Crippen LogP contribution in [0.25, 0.3) is 21.2 Å². The molecule has 3 rings (SSSR count). The van der Waals surface area contributed by atoms with Crippen LogP contribution in [0.4, 0.5) is 0 Å². The first-order valence-electron chi connectivity index (χ1n) is 6.47. The number of carbonyl (C=O) groups excluding carboxylic acids is 1. The molecule has 0 spiro atoms. The number of hydrogen-bond acceptors (Lipinski definition) is 4. The quantitative estimate of drug-likeness (QED) is 0.674. The molecule has 0 aliphatic heterocycles.